The van der Waals surface area contributed by atoms with Crippen LogP contribution in [0.3, 0.4) is 0 Å². The minimum atomic E-state index is -0.181. The lowest BCUT2D eigenvalue weighted by Gasteiger charge is -2.32. The molecule has 43 heavy (non-hydrogen) atoms. The van der Waals surface area contributed by atoms with Gasteiger partial charge in [0.05, 0.1) is 23.0 Å². The highest BCUT2D eigenvalue weighted by Gasteiger charge is 2.21. The van der Waals surface area contributed by atoms with Crippen LogP contribution in [-0.4, -0.2) is 64.7 Å². The Labute approximate surface area is 252 Å². The van der Waals surface area contributed by atoms with Crippen LogP contribution < -0.4 is 5.32 Å². The maximum Gasteiger partial charge on any atom is 0.251 e. The number of benzene rings is 4. The summed E-state index contributed by atoms with van der Waals surface area (Å²) in [5.41, 5.74) is 6.36. The number of carbonyl (C=O) groups excluding carboxylic acids is 1. The molecule has 1 aliphatic rings. The van der Waals surface area contributed by atoms with Crippen LogP contribution in [0.25, 0.3) is 10.9 Å². The zero-order valence-electron chi connectivity index (χ0n) is 24.6. The van der Waals surface area contributed by atoms with E-state index in [9.17, 15) is 9.90 Å². The number of hydrogen-bond donors (Lipinski definition) is 3. The Morgan fingerprint density at radius 1 is 0.884 bits per heavy atom. The van der Waals surface area contributed by atoms with Gasteiger partial charge in [0.1, 0.15) is 0 Å². The number of H-pyrrole nitrogens is 1. The predicted molar refractivity (Wildman–Crippen MR) is 173 cm³/mol. The highest BCUT2D eigenvalue weighted by atomic mass is 16.3. The summed E-state index contributed by atoms with van der Waals surface area (Å²) < 4.78 is 0. The first-order chi connectivity index (χ1) is 20.9. The highest BCUT2D eigenvalue weighted by Crippen LogP contribution is 2.32. The van der Waals surface area contributed by atoms with E-state index < -0.39 is 0 Å². The molecule has 2 heterocycles. The normalized spacial score (nSPS) is 15.4. The van der Waals surface area contributed by atoms with Gasteiger partial charge in [0.25, 0.3) is 5.91 Å². The van der Waals surface area contributed by atoms with E-state index in [0.717, 1.165) is 60.4 Å². The van der Waals surface area contributed by atoms with Crippen molar-refractivity contribution in [1.29, 1.82) is 0 Å². The molecule has 0 aliphatic carbocycles. The minimum Gasteiger partial charge on any atom is -0.494 e. The molecule has 4 aromatic carbocycles. The fraction of sp³-hybridized carbons (Fsp3) is 0.222. The van der Waals surface area contributed by atoms with Crippen molar-refractivity contribution in [3.05, 3.63) is 131 Å². The van der Waals surface area contributed by atoms with Gasteiger partial charge in [-0.25, -0.2) is 4.99 Å². The first-order valence-corrected chi connectivity index (χ1v) is 14.8. The van der Waals surface area contributed by atoms with Gasteiger partial charge in [0.2, 0.25) is 0 Å². The first-order valence-electron chi connectivity index (χ1n) is 14.8. The van der Waals surface area contributed by atoms with Crippen molar-refractivity contribution in [3.63, 3.8) is 0 Å². The third kappa shape index (κ3) is 6.53. The number of carbonyl (C=O) groups is 1. The summed E-state index contributed by atoms with van der Waals surface area (Å²) in [6.45, 7) is 7.07. The fourth-order valence-corrected chi connectivity index (χ4v) is 5.64. The van der Waals surface area contributed by atoms with Gasteiger partial charge in [-0.1, -0.05) is 72.8 Å². The van der Waals surface area contributed by atoms with Crippen molar-refractivity contribution >= 4 is 28.2 Å². The Kier molecular flexibility index (Phi) is 8.36. The molecule has 1 aliphatic heterocycles. The zero-order chi connectivity index (χ0) is 29.8. The van der Waals surface area contributed by atoms with Gasteiger partial charge in [-0.3, -0.25) is 9.69 Å². The topological polar surface area (TPSA) is 84.0 Å². The molecular weight excluding hydrogens is 534 g/mol. The molecule has 7 nitrogen and oxygen atoms in total. The summed E-state index contributed by atoms with van der Waals surface area (Å²) in [5.74, 6) is -0.166. The third-order valence-corrected chi connectivity index (χ3v) is 8.13. The molecule has 7 heteroatoms. The lowest BCUT2D eigenvalue weighted by atomic mass is 9.99. The average Bonchev–Trinajstić information content (AvgIpc) is 3.36. The van der Waals surface area contributed by atoms with Crippen molar-refractivity contribution in [2.45, 2.75) is 19.5 Å². The average molecular weight is 572 g/mol. The van der Waals surface area contributed by atoms with Crippen LogP contribution in [0.15, 0.2) is 108 Å². The number of nitrogens with zero attached hydrogens (tertiary/aromatic N) is 3. The Bertz CT molecular complexity index is 1740. The molecule has 1 saturated heterocycles. The van der Waals surface area contributed by atoms with Crippen LogP contribution in [0.2, 0.25) is 0 Å². The molecule has 0 bridgehead atoms. The van der Waals surface area contributed by atoms with Crippen LogP contribution in [0, 0.1) is 0 Å². The van der Waals surface area contributed by atoms with Crippen molar-refractivity contribution in [2.24, 2.45) is 4.99 Å². The van der Waals surface area contributed by atoms with Gasteiger partial charge in [-0.2, -0.15) is 0 Å². The molecule has 6 rings (SSSR count). The second-order valence-electron chi connectivity index (χ2n) is 11.3. The summed E-state index contributed by atoms with van der Waals surface area (Å²) in [6, 6.07) is 33.3. The molecule has 3 N–H and O–H groups in total. The number of aliphatic imine (C=N–C) groups is 1. The second-order valence-corrected chi connectivity index (χ2v) is 11.3. The zero-order valence-corrected chi connectivity index (χ0v) is 24.6. The number of likely N-dealkylation sites (N-methyl/N-ethyl adjacent to an activating group) is 1. The Hall–Kier alpha value is -4.72. The second kappa shape index (κ2) is 12.7. The number of piperazine rings is 1. The SMILES string of the molecule is C[C@@H](NC(=O)c1ccc2[nH]c(O)c(C(=Nc3cccc(CN4CCN(C)CC4)c3)c3ccccc3)c2c1)c1ccccc1. The molecule has 5 aromatic rings. The number of aromatic nitrogens is 1. The Morgan fingerprint density at radius 3 is 2.35 bits per heavy atom. The van der Waals surface area contributed by atoms with Gasteiger partial charge in [0.15, 0.2) is 5.88 Å². The number of nitrogens with one attached hydrogen (secondary N) is 2. The number of aromatic amines is 1. The third-order valence-electron chi connectivity index (χ3n) is 8.13. The molecule has 0 spiro atoms. The minimum absolute atomic E-state index is 0.0152. The monoisotopic (exact) mass is 571 g/mol. The van der Waals surface area contributed by atoms with E-state index in [-0.39, 0.29) is 17.8 Å². The number of amides is 1. The van der Waals surface area contributed by atoms with Gasteiger partial charge in [-0.15, -0.1) is 0 Å². The van der Waals surface area contributed by atoms with Crippen molar-refractivity contribution < 1.29 is 9.90 Å². The molecule has 1 aromatic heterocycles. The molecule has 0 saturated carbocycles. The predicted octanol–water partition coefficient (Wildman–Crippen LogP) is 6.28. The lowest BCUT2D eigenvalue weighted by molar-refractivity contribution is 0.0940. The van der Waals surface area contributed by atoms with Gasteiger partial charge in [-0.05, 0) is 55.4 Å². The van der Waals surface area contributed by atoms with Crippen LogP contribution in [0.5, 0.6) is 5.88 Å². The molecule has 218 valence electrons. The van der Waals surface area contributed by atoms with E-state index in [1.54, 1.807) is 6.07 Å². The fourth-order valence-electron chi connectivity index (χ4n) is 5.64. The highest BCUT2D eigenvalue weighted by molar-refractivity contribution is 6.22. The molecule has 0 radical (unpaired) electrons. The summed E-state index contributed by atoms with van der Waals surface area (Å²) in [6.07, 6.45) is 0. The first kappa shape index (κ1) is 28.4. The maximum absolute atomic E-state index is 13.3. The summed E-state index contributed by atoms with van der Waals surface area (Å²) in [7, 11) is 2.17. The summed E-state index contributed by atoms with van der Waals surface area (Å²) >= 11 is 0. The van der Waals surface area contributed by atoms with E-state index in [1.807, 2.05) is 91.9 Å². The number of fused-ring (bicyclic) bond motifs is 1. The van der Waals surface area contributed by atoms with Crippen LogP contribution >= 0.6 is 0 Å². The van der Waals surface area contributed by atoms with Crippen LogP contribution in [0.4, 0.5) is 5.69 Å². The Balaban J connectivity index is 1.36. The molecule has 1 atom stereocenters. The van der Waals surface area contributed by atoms with Crippen LogP contribution in [-0.2, 0) is 6.54 Å². The molecule has 1 amide bonds. The summed E-state index contributed by atoms with van der Waals surface area (Å²) in [5, 5.41) is 15.0. The van der Waals surface area contributed by atoms with E-state index in [0.29, 0.717) is 16.8 Å². The van der Waals surface area contributed by atoms with Gasteiger partial charge < -0.3 is 20.3 Å². The smallest absolute Gasteiger partial charge is 0.251 e. The molecule has 0 unspecified atom stereocenters. The molecular formula is C36H37N5O2. The van der Waals surface area contributed by atoms with Crippen molar-refractivity contribution in [1.82, 2.24) is 20.1 Å². The summed E-state index contributed by atoms with van der Waals surface area (Å²) in [4.78, 5) is 26.4. The number of aromatic hydroxyl groups is 1. The quantitative estimate of drug-likeness (QED) is 0.191. The van der Waals surface area contributed by atoms with E-state index >= 15 is 0 Å². The van der Waals surface area contributed by atoms with Crippen molar-refractivity contribution in [2.75, 3.05) is 33.2 Å². The van der Waals surface area contributed by atoms with Crippen molar-refractivity contribution in [3.8, 4) is 5.88 Å². The largest absolute Gasteiger partial charge is 0.494 e. The van der Waals surface area contributed by atoms with Crippen LogP contribution in [0.1, 0.15) is 45.6 Å². The van der Waals surface area contributed by atoms with Gasteiger partial charge >= 0.3 is 0 Å². The lowest BCUT2D eigenvalue weighted by Crippen LogP contribution is -2.43. The van der Waals surface area contributed by atoms with Gasteiger partial charge in [0, 0.05) is 54.8 Å². The Morgan fingerprint density at radius 2 is 1.60 bits per heavy atom. The number of hydrogen-bond acceptors (Lipinski definition) is 5. The molecule has 1 fully saturated rings. The van der Waals surface area contributed by atoms with E-state index in [1.165, 1.54) is 5.56 Å². The standard InChI is InChI=1S/C36H37N5O2/c1-25(27-11-5-3-6-12-27)37-35(42)29-16-17-32-31(23-29)33(36(43)39-32)34(28-13-7-4-8-14-28)38-30-15-9-10-26(22-30)24-41-20-18-40(2)19-21-41/h3-17,22-23,25,39,43H,18-21,24H2,1-2H3,(H,37,42)/t25-/m1/s1. The van der Waals surface area contributed by atoms with E-state index in [4.69, 9.17) is 4.99 Å². The number of rotatable bonds is 8. The maximum atomic E-state index is 13.3. The van der Waals surface area contributed by atoms with E-state index in [2.05, 4.69) is 39.3 Å².